The van der Waals surface area contributed by atoms with Gasteiger partial charge in [0.2, 0.25) is 0 Å². The molecule has 0 spiro atoms. The van der Waals surface area contributed by atoms with Gasteiger partial charge in [0.15, 0.2) is 5.13 Å². The Balaban J connectivity index is 2.23. The fraction of sp³-hybridized carbons (Fsp3) is 0.300. The van der Waals surface area contributed by atoms with Gasteiger partial charge in [-0.15, -0.1) is 0 Å². The smallest absolute Gasteiger partial charge is 0.183 e. The lowest BCUT2D eigenvalue weighted by atomic mass is 10.3. The van der Waals surface area contributed by atoms with Crippen LogP contribution in [0.3, 0.4) is 0 Å². The van der Waals surface area contributed by atoms with Crippen molar-refractivity contribution in [2.24, 2.45) is 0 Å². The second kappa shape index (κ2) is 4.95. The van der Waals surface area contributed by atoms with Crippen LogP contribution in [-0.2, 0) is 4.74 Å². The first-order valence-corrected chi connectivity index (χ1v) is 5.88. The first-order chi connectivity index (χ1) is 7.70. The number of ether oxygens (including phenoxy) is 1. The Morgan fingerprint density at radius 2 is 2.38 bits per heavy atom. The third-order valence-electron chi connectivity index (χ3n) is 2.01. The molecule has 0 aliphatic carbocycles. The highest BCUT2D eigenvalue weighted by atomic mass is 35.5. The van der Waals surface area contributed by atoms with Crippen LogP contribution >= 0.6 is 22.9 Å². The van der Waals surface area contributed by atoms with E-state index in [-0.39, 0.29) is 5.02 Å². The molecule has 86 valence electrons. The van der Waals surface area contributed by atoms with Crippen LogP contribution in [0.15, 0.2) is 12.1 Å². The van der Waals surface area contributed by atoms with Crippen molar-refractivity contribution in [3.05, 3.63) is 23.0 Å². The summed E-state index contributed by atoms with van der Waals surface area (Å²) in [5.74, 6) is -0.416. The topological polar surface area (TPSA) is 34.1 Å². The second-order valence-electron chi connectivity index (χ2n) is 3.17. The minimum Gasteiger partial charge on any atom is -0.383 e. The molecule has 1 aromatic heterocycles. The molecule has 0 unspecified atom stereocenters. The zero-order valence-corrected chi connectivity index (χ0v) is 10.2. The highest BCUT2D eigenvalue weighted by Gasteiger charge is 2.07. The van der Waals surface area contributed by atoms with E-state index in [1.807, 2.05) is 0 Å². The van der Waals surface area contributed by atoms with Gasteiger partial charge < -0.3 is 10.1 Å². The van der Waals surface area contributed by atoms with Crippen molar-refractivity contribution in [2.45, 2.75) is 0 Å². The minimum atomic E-state index is -0.416. The van der Waals surface area contributed by atoms with Crippen LogP contribution in [0, 0.1) is 5.82 Å². The maximum absolute atomic E-state index is 13.2. The minimum absolute atomic E-state index is 0.0984. The lowest BCUT2D eigenvalue weighted by Crippen LogP contribution is -2.06. The summed E-state index contributed by atoms with van der Waals surface area (Å²) in [4.78, 5) is 4.29. The van der Waals surface area contributed by atoms with Crippen molar-refractivity contribution in [1.82, 2.24) is 4.98 Å². The third-order valence-corrected chi connectivity index (χ3v) is 3.28. The molecule has 0 aliphatic rings. The number of thiazole rings is 1. The zero-order valence-electron chi connectivity index (χ0n) is 8.59. The van der Waals surface area contributed by atoms with E-state index >= 15 is 0 Å². The summed E-state index contributed by atoms with van der Waals surface area (Å²) in [6, 6.07) is 2.93. The molecule has 2 rings (SSSR count). The molecule has 0 fully saturated rings. The van der Waals surface area contributed by atoms with Crippen LogP contribution in [0.5, 0.6) is 0 Å². The summed E-state index contributed by atoms with van der Waals surface area (Å²) in [7, 11) is 1.63. The number of hydrogen-bond donors (Lipinski definition) is 1. The summed E-state index contributed by atoms with van der Waals surface area (Å²) in [6.45, 7) is 1.28. The van der Waals surface area contributed by atoms with Crippen molar-refractivity contribution in [2.75, 3.05) is 25.6 Å². The van der Waals surface area contributed by atoms with Crippen LogP contribution in [0.1, 0.15) is 0 Å². The van der Waals surface area contributed by atoms with Gasteiger partial charge in [-0.25, -0.2) is 9.37 Å². The molecule has 0 aliphatic heterocycles. The van der Waals surface area contributed by atoms with Crippen molar-refractivity contribution in [1.29, 1.82) is 0 Å². The number of nitrogens with zero attached hydrogens (tertiary/aromatic N) is 1. The summed E-state index contributed by atoms with van der Waals surface area (Å²) in [5.41, 5.74) is 0.705. The Bertz CT molecular complexity index is 464. The Kier molecular flexibility index (Phi) is 3.58. The Morgan fingerprint density at radius 3 is 3.12 bits per heavy atom. The molecular weight excluding hydrogens is 251 g/mol. The SMILES string of the molecule is COCCNc1nc2cc(Cl)c(F)cc2s1. The van der Waals surface area contributed by atoms with E-state index in [1.54, 1.807) is 7.11 Å². The average Bonchev–Trinajstić information content (AvgIpc) is 2.61. The van der Waals surface area contributed by atoms with Gasteiger partial charge in [-0.1, -0.05) is 22.9 Å². The van der Waals surface area contributed by atoms with Crippen molar-refractivity contribution in [3.63, 3.8) is 0 Å². The number of rotatable bonds is 4. The van der Waals surface area contributed by atoms with Gasteiger partial charge in [0, 0.05) is 13.7 Å². The van der Waals surface area contributed by atoms with Gasteiger partial charge in [0.05, 0.1) is 21.8 Å². The number of anilines is 1. The lowest BCUT2D eigenvalue weighted by Gasteiger charge is -1.99. The van der Waals surface area contributed by atoms with Crippen LogP contribution in [0.2, 0.25) is 5.02 Å². The van der Waals surface area contributed by atoms with E-state index in [0.29, 0.717) is 18.7 Å². The molecule has 0 atom stereocenters. The molecule has 1 heterocycles. The molecule has 0 amide bonds. The summed E-state index contributed by atoms with van der Waals surface area (Å²) in [6.07, 6.45) is 0. The van der Waals surface area contributed by atoms with Crippen molar-refractivity contribution in [3.8, 4) is 0 Å². The van der Waals surface area contributed by atoms with Gasteiger partial charge in [-0.3, -0.25) is 0 Å². The Morgan fingerprint density at radius 1 is 1.56 bits per heavy atom. The van der Waals surface area contributed by atoms with Crippen molar-refractivity contribution < 1.29 is 9.13 Å². The highest BCUT2D eigenvalue weighted by molar-refractivity contribution is 7.22. The van der Waals surface area contributed by atoms with E-state index in [2.05, 4.69) is 10.3 Å². The molecule has 0 radical (unpaired) electrons. The largest absolute Gasteiger partial charge is 0.383 e. The number of halogens is 2. The van der Waals surface area contributed by atoms with Gasteiger partial charge in [0.1, 0.15) is 5.82 Å². The van der Waals surface area contributed by atoms with Gasteiger partial charge >= 0.3 is 0 Å². The molecule has 6 heteroatoms. The van der Waals surface area contributed by atoms with E-state index in [9.17, 15) is 4.39 Å². The molecule has 16 heavy (non-hydrogen) atoms. The van der Waals surface area contributed by atoms with E-state index in [0.717, 1.165) is 9.83 Å². The maximum Gasteiger partial charge on any atom is 0.183 e. The molecule has 3 nitrogen and oxygen atoms in total. The predicted molar refractivity (Wildman–Crippen MR) is 65.0 cm³/mol. The number of benzene rings is 1. The van der Waals surface area contributed by atoms with Gasteiger partial charge in [-0.05, 0) is 12.1 Å². The van der Waals surface area contributed by atoms with E-state index in [1.165, 1.54) is 23.5 Å². The molecular formula is C10H10ClFN2OS. The number of hydrogen-bond acceptors (Lipinski definition) is 4. The first kappa shape index (κ1) is 11.6. The number of fused-ring (bicyclic) bond motifs is 1. The molecule has 0 saturated heterocycles. The molecule has 1 aromatic carbocycles. The standard InChI is InChI=1S/C10H10ClFN2OS/c1-15-3-2-13-10-14-8-4-6(11)7(12)5-9(8)16-10/h4-5H,2-3H2,1H3,(H,13,14). The van der Waals surface area contributed by atoms with Crippen LogP contribution in [0.25, 0.3) is 10.2 Å². The van der Waals surface area contributed by atoms with Crippen LogP contribution in [0.4, 0.5) is 9.52 Å². The third kappa shape index (κ3) is 2.42. The van der Waals surface area contributed by atoms with Crippen molar-refractivity contribution >= 4 is 38.3 Å². The highest BCUT2D eigenvalue weighted by Crippen LogP contribution is 2.29. The summed E-state index contributed by atoms with van der Waals surface area (Å²) < 4.78 is 18.9. The Hall–Kier alpha value is -0.910. The van der Waals surface area contributed by atoms with Crippen LogP contribution in [-0.4, -0.2) is 25.2 Å². The van der Waals surface area contributed by atoms with E-state index in [4.69, 9.17) is 16.3 Å². The molecule has 0 saturated carbocycles. The fourth-order valence-corrected chi connectivity index (χ4v) is 2.32. The maximum atomic E-state index is 13.2. The zero-order chi connectivity index (χ0) is 11.5. The predicted octanol–water partition coefficient (Wildman–Crippen LogP) is 3.15. The van der Waals surface area contributed by atoms with E-state index < -0.39 is 5.82 Å². The summed E-state index contributed by atoms with van der Waals surface area (Å²) >= 11 is 7.07. The lowest BCUT2D eigenvalue weighted by molar-refractivity contribution is 0.211. The van der Waals surface area contributed by atoms with Crippen LogP contribution < -0.4 is 5.32 Å². The quantitative estimate of drug-likeness (QED) is 0.858. The van der Waals surface area contributed by atoms with Gasteiger partial charge in [0.25, 0.3) is 0 Å². The number of methoxy groups -OCH3 is 1. The Labute approximate surface area is 101 Å². The van der Waals surface area contributed by atoms with Gasteiger partial charge in [-0.2, -0.15) is 0 Å². The average molecular weight is 261 g/mol. The molecule has 2 aromatic rings. The number of aromatic nitrogens is 1. The molecule has 1 N–H and O–H groups in total. The molecule has 0 bridgehead atoms. The second-order valence-corrected chi connectivity index (χ2v) is 4.61. The summed E-state index contributed by atoms with van der Waals surface area (Å²) in [5, 5.41) is 3.93. The number of nitrogens with one attached hydrogen (secondary N) is 1. The fourth-order valence-electron chi connectivity index (χ4n) is 1.26. The normalized spacial score (nSPS) is 10.9. The monoisotopic (exact) mass is 260 g/mol. The first-order valence-electron chi connectivity index (χ1n) is 4.69.